The van der Waals surface area contributed by atoms with Crippen molar-refractivity contribution in [2.24, 2.45) is 0 Å². The molecule has 8 heavy (non-hydrogen) atoms. The van der Waals surface area contributed by atoms with Crippen LogP contribution in [0.3, 0.4) is 0 Å². The highest BCUT2D eigenvalue weighted by Gasteiger charge is -0.0148. The molecule has 0 saturated carbocycles. The predicted molar refractivity (Wildman–Crippen MR) is 36.6 cm³/mol. The van der Waals surface area contributed by atoms with E-state index in [0.29, 0.717) is 0 Å². The zero-order valence-corrected chi connectivity index (χ0v) is 3.50. The standard InChI is InChI=1S/7H2O.H4Si/h7*1H2;1H4. The molecule has 0 atom stereocenters. The molecule has 0 aliphatic carbocycles. The van der Waals surface area contributed by atoms with Crippen LogP contribution in [0.25, 0.3) is 0 Å². The second-order valence-corrected chi connectivity index (χ2v) is 0. The molecule has 14 N–H and O–H groups in total. The van der Waals surface area contributed by atoms with Gasteiger partial charge in [-0.25, -0.2) is 0 Å². The minimum absolute atomic E-state index is 0. The number of hydrogen-bond acceptors (Lipinski definition) is 0. The van der Waals surface area contributed by atoms with Gasteiger partial charge >= 0.3 is 0 Å². The third-order valence-electron chi connectivity index (χ3n) is 0. The summed E-state index contributed by atoms with van der Waals surface area (Å²) in [6, 6.07) is 0. The normalized spacial score (nSPS) is 0. The Bertz CT molecular complexity index is 4.35. The first kappa shape index (κ1) is 95900. The van der Waals surface area contributed by atoms with Gasteiger partial charge in [-0.2, -0.15) is 0 Å². The lowest BCUT2D eigenvalue weighted by Crippen LogP contribution is -0.381. The van der Waals surface area contributed by atoms with E-state index in [2.05, 4.69) is 0 Å². The molecule has 0 saturated heterocycles. The number of rotatable bonds is 0. The van der Waals surface area contributed by atoms with Gasteiger partial charge < -0.3 is 38.3 Å². The molecule has 0 aromatic heterocycles. The Morgan fingerprint density at radius 2 is 0.250 bits per heavy atom. The number of hydrogen-bond donors (Lipinski definition) is 0. The van der Waals surface area contributed by atoms with Gasteiger partial charge in [-0.05, 0) is 11.0 Å². The van der Waals surface area contributed by atoms with Crippen LogP contribution in [0.5, 0.6) is 0 Å². The first-order chi connectivity index (χ1) is 0. The zero-order chi connectivity index (χ0) is 0. The van der Waals surface area contributed by atoms with Crippen molar-refractivity contribution in [2.75, 3.05) is 0 Å². The van der Waals surface area contributed by atoms with Crippen molar-refractivity contribution in [2.45, 2.75) is 0 Å². The van der Waals surface area contributed by atoms with E-state index >= 15 is 0 Å². The Morgan fingerprint density at radius 1 is 0.250 bits per heavy atom. The summed E-state index contributed by atoms with van der Waals surface area (Å²) in [4.78, 5) is 0. The molecular formula is H18O7Si. The smallest absolute Gasteiger partial charge is 0.0149 e. The van der Waals surface area contributed by atoms with Crippen molar-refractivity contribution in [3.8, 4) is 0 Å². The lowest BCUT2D eigenvalue weighted by atomic mass is 16.0. The molecule has 0 aliphatic heterocycles. The molecule has 0 rings (SSSR count). The Labute approximate surface area is 50.5 Å². The van der Waals surface area contributed by atoms with Crippen molar-refractivity contribution in [3.05, 3.63) is 0 Å². The molecule has 0 radical (unpaired) electrons. The summed E-state index contributed by atoms with van der Waals surface area (Å²) in [7, 11) is 0. The van der Waals surface area contributed by atoms with E-state index in [1.807, 2.05) is 0 Å². The molecule has 0 heterocycles. The van der Waals surface area contributed by atoms with Gasteiger partial charge in [0.25, 0.3) is 0 Å². The Hall–Kier alpha value is -0.0631. The molecule has 0 bridgehead atoms. The maximum Gasteiger partial charge on any atom is -0.0149 e. The quantitative estimate of drug-likeness (QED) is 0.299. The van der Waals surface area contributed by atoms with Gasteiger partial charge in [0.1, 0.15) is 0 Å². The second-order valence-electron chi connectivity index (χ2n) is 0. The molecule has 8 heteroatoms. The van der Waals surface area contributed by atoms with Crippen LogP contribution < -0.4 is 0 Å². The Kier molecular flexibility index (Phi) is 736000000. The van der Waals surface area contributed by atoms with Gasteiger partial charge in [0.2, 0.25) is 0 Å². The monoisotopic (exact) mass is 158 g/mol. The van der Waals surface area contributed by atoms with E-state index < -0.39 is 0 Å². The fraction of sp³-hybridized carbons (Fsp3) is 0. The zero-order valence-electron chi connectivity index (χ0n) is 3.50. The average molecular weight is 158 g/mol. The summed E-state index contributed by atoms with van der Waals surface area (Å²) in [5, 5.41) is 0. The van der Waals surface area contributed by atoms with Gasteiger partial charge in [0, 0.05) is 0 Å². The van der Waals surface area contributed by atoms with Crippen LogP contribution in [0.2, 0.25) is 0 Å². The highest BCUT2D eigenvalue weighted by atomic mass is 28.1. The summed E-state index contributed by atoms with van der Waals surface area (Å²) in [6.07, 6.45) is 0. The van der Waals surface area contributed by atoms with Crippen LogP contribution in [-0.2, 0) is 0 Å². The van der Waals surface area contributed by atoms with Crippen LogP contribution in [0.1, 0.15) is 0 Å². The third kappa shape index (κ3) is 36300. The summed E-state index contributed by atoms with van der Waals surface area (Å²) >= 11 is 0. The van der Waals surface area contributed by atoms with Crippen LogP contribution >= 0.6 is 0 Å². The first-order valence-corrected chi connectivity index (χ1v) is 0. The fourth-order valence-corrected chi connectivity index (χ4v) is 0. The van der Waals surface area contributed by atoms with Crippen molar-refractivity contribution in [3.63, 3.8) is 0 Å². The maximum absolute atomic E-state index is 0. The minimum atomic E-state index is 0. The van der Waals surface area contributed by atoms with E-state index in [0.717, 1.165) is 0 Å². The van der Waals surface area contributed by atoms with Crippen LogP contribution in [0.15, 0.2) is 0 Å². The topological polar surface area (TPSA) is 220 Å². The van der Waals surface area contributed by atoms with Gasteiger partial charge in [0.05, 0.1) is 0 Å². The van der Waals surface area contributed by atoms with Crippen molar-refractivity contribution >= 4 is 11.0 Å². The molecule has 0 aromatic rings. The molecule has 0 fully saturated rings. The van der Waals surface area contributed by atoms with E-state index in [9.17, 15) is 0 Å². The highest BCUT2D eigenvalue weighted by Crippen LogP contribution is -0.283. The summed E-state index contributed by atoms with van der Waals surface area (Å²) in [6.45, 7) is 0. The molecule has 64 valence electrons. The maximum atomic E-state index is 0. The van der Waals surface area contributed by atoms with Crippen molar-refractivity contribution in [1.29, 1.82) is 0 Å². The largest absolute Gasteiger partial charge is 0.412 e. The third-order valence-corrected chi connectivity index (χ3v) is 0. The summed E-state index contributed by atoms with van der Waals surface area (Å²) < 4.78 is 0. The highest BCUT2D eigenvalue weighted by molar-refractivity contribution is 5.75. The van der Waals surface area contributed by atoms with Crippen molar-refractivity contribution in [1.82, 2.24) is 0 Å². The van der Waals surface area contributed by atoms with Gasteiger partial charge in [-0.1, -0.05) is 0 Å². The van der Waals surface area contributed by atoms with E-state index in [1.54, 1.807) is 0 Å². The Balaban J connectivity index is 0. The van der Waals surface area contributed by atoms with E-state index in [-0.39, 0.29) is 49.3 Å². The van der Waals surface area contributed by atoms with Crippen molar-refractivity contribution < 1.29 is 38.3 Å². The lowest BCUT2D eigenvalue weighted by Gasteiger charge is -0.413. The van der Waals surface area contributed by atoms with Gasteiger partial charge in [0.15, 0.2) is 0 Å². The summed E-state index contributed by atoms with van der Waals surface area (Å²) in [5.41, 5.74) is 0. The lowest BCUT2D eigenvalue weighted by molar-refractivity contribution is 0.823. The molecule has 0 spiro atoms. The molecule has 0 aliphatic rings. The molecule has 0 aromatic carbocycles. The van der Waals surface area contributed by atoms with Gasteiger partial charge in [-0.3, -0.25) is 0 Å². The fourth-order valence-electron chi connectivity index (χ4n) is 0. The van der Waals surface area contributed by atoms with Gasteiger partial charge in [-0.15, -0.1) is 0 Å². The van der Waals surface area contributed by atoms with E-state index in [4.69, 9.17) is 0 Å². The Morgan fingerprint density at radius 3 is 0.250 bits per heavy atom. The molecular weight excluding hydrogens is 140 g/mol. The minimum Gasteiger partial charge on any atom is -0.412 e. The first-order valence-electron chi connectivity index (χ1n) is 0. The summed E-state index contributed by atoms with van der Waals surface area (Å²) in [5.74, 6) is 0. The predicted octanol–water partition coefficient (Wildman–Crippen LogP) is -7.22. The van der Waals surface area contributed by atoms with Crippen LogP contribution in [0, 0.1) is 0 Å². The molecule has 0 unspecified atom stereocenters. The average Bonchev–Trinajstić information content (AvgIpc) is 0. The molecule has 0 amide bonds. The van der Waals surface area contributed by atoms with Crippen LogP contribution in [0.4, 0.5) is 0 Å². The van der Waals surface area contributed by atoms with E-state index in [1.165, 1.54) is 0 Å². The van der Waals surface area contributed by atoms with Crippen LogP contribution in [-0.4, -0.2) is 49.3 Å². The molecule has 7 nitrogen and oxygen atoms in total. The second kappa shape index (κ2) is 61400. The SMILES string of the molecule is O.O.O.O.O.O.O.[SiH4].